The maximum Gasteiger partial charge on any atom is 0.222 e. The molecule has 1 atom stereocenters. The SMILES string of the molecule is COCCN(CC1CCCN1)C(=O)CCC(C)C. The first-order valence-electron chi connectivity index (χ1n) is 7.13. The van der Waals surface area contributed by atoms with Crippen LogP contribution in [0.4, 0.5) is 0 Å². The van der Waals surface area contributed by atoms with Gasteiger partial charge >= 0.3 is 0 Å². The summed E-state index contributed by atoms with van der Waals surface area (Å²) in [5.74, 6) is 0.859. The Bertz CT molecular complexity index is 238. The maximum absolute atomic E-state index is 12.2. The molecule has 0 saturated carbocycles. The van der Waals surface area contributed by atoms with Crippen molar-refractivity contribution in [3.63, 3.8) is 0 Å². The van der Waals surface area contributed by atoms with Gasteiger partial charge in [-0.2, -0.15) is 0 Å². The molecule has 0 bridgehead atoms. The van der Waals surface area contributed by atoms with E-state index in [-0.39, 0.29) is 5.91 Å². The van der Waals surface area contributed by atoms with Crippen LogP contribution in [-0.4, -0.2) is 50.2 Å². The van der Waals surface area contributed by atoms with E-state index < -0.39 is 0 Å². The number of rotatable bonds is 8. The van der Waals surface area contributed by atoms with E-state index in [1.165, 1.54) is 12.8 Å². The van der Waals surface area contributed by atoms with Crippen molar-refractivity contribution in [1.29, 1.82) is 0 Å². The van der Waals surface area contributed by atoms with Crippen LogP contribution in [0.2, 0.25) is 0 Å². The van der Waals surface area contributed by atoms with Crippen LogP contribution in [0, 0.1) is 5.92 Å². The summed E-state index contributed by atoms with van der Waals surface area (Å²) in [4.78, 5) is 14.2. The summed E-state index contributed by atoms with van der Waals surface area (Å²) in [6.07, 6.45) is 4.04. The Morgan fingerprint density at radius 1 is 1.50 bits per heavy atom. The van der Waals surface area contributed by atoms with E-state index in [0.717, 1.165) is 19.5 Å². The average molecular weight is 256 g/mol. The van der Waals surface area contributed by atoms with Gasteiger partial charge < -0.3 is 15.0 Å². The quantitative estimate of drug-likeness (QED) is 0.718. The van der Waals surface area contributed by atoms with Gasteiger partial charge in [0.15, 0.2) is 0 Å². The van der Waals surface area contributed by atoms with Gasteiger partial charge in [-0.15, -0.1) is 0 Å². The predicted octanol–water partition coefficient (Wildman–Crippen LogP) is 1.65. The minimum Gasteiger partial charge on any atom is -0.383 e. The Hall–Kier alpha value is -0.610. The molecule has 4 heteroatoms. The van der Waals surface area contributed by atoms with Gasteiger partial charge in [0.05, 0.1) is 6.61 Å². The molecule has 0 aliphatic carbocycles. The molecule has 4 nitrogen and oxygen atoms in total. The van der Waals surface area contributed by atoms with Crippen LogP contribution < -0.4 is 5.32 Å². The Morgan fingerprint density at radius 3 is 2.83 bits per heavy atom. The second kappa shape index (κ2) is 8.48. The molecule has 1 unspecified atom stereocenters. The second-order valence-corrected chi connectivity index (χ2v) is 5.56. The normalized spacial score (nSPS) is 19.4. The molecule has 1 rings (SSSR count). The third kappa shape index (κ3) is 5.83. The molecule has 106 valence electrons. The highest BCUT2D eigenvalue weighted by atomic mass is 16.5. The number of hydrogen-bond donors (Lipinski definition) is 1. The van der Waals surface area contributed by atoms with Crippen molar-refractivity contribution >= 4 is 5.91 Å². The van der Waals surface area contributed by atoms with Gasteiger partial charge in [-0.1, -0.05) is 13.8 Å². The lowest BCUT2D eigenvalue weighted by molar-refractivity contribution is -0.132. The van der Waals surface area contributed by atoms with Crippen molar-refractivity contribution in [3.8, 4) is 0 Å². The zero-order valence-corrected chi connectivity index (χ0v) is 12.1. The van der Waals surface area contributed by atoms with Crippen molar-refractivity contribution < 1.29 is 9.53 Å². The molecule has 1 amide bonds. The fourth-order valence-corrected chi connectivity index (χ4v) is 2.27. The first-order chi connectivity index (χ1) is 8.63. The Labute approximate surface area is 111 Å². The summed E-state index contributed by atoms with van der Waals surface area (Å²) in [7, 11) is 1.69. The van der Waals surface area contributed by atoms with Crippen LogP contribution in [0.15, 0.2) is 0 Å². The monoisotopic (exact) mass is 256 g/mol. The number of carbonyl (C=O) groups is 1. The van der Waals surface area contributed by atoms with Crippen molar-refractivity contribution in [3.05, 3.63) is 0 Å². The zero-order chi connectivity index (χ0) is 13.4. The van der Waals surface area contributed by atoms with Gasteiger partial charge in [0.25, 0.3) is 0 Å². The fraction of sp³-hybridized carbons (Fsp3) is 0.929. The molecule has 0 aromatic carbocycles. The lowest BCUT2D eigenvalue weighted by Crippen LogP contribution is -2.42. The molecule has 1 saturated heterocycles. The van der Waals surface area contributed by atoms with Gasteiger partial charge in [0.2, 0.25) is 5.91 Å². The molecule has 1 N–H and O–H groups in total. The first kappa shape index (κ1) is 15.4. The minimum absolute atomic E-state index is 0.273. The van der Waals surface area contributed by atoms with E-state index in [1.807, 2.05) is 4.90 Å². The summed E-state index contributed by atoms with van der Waals surface area (Å²) < 4.78 is 5.10. The van der Waals surface area contributed by atoms with Crippen LogP contribution in [-0.2, 0) is 9.53 Å². The summed E-state index contributed by atoms with van der Waals surface area (Å²) in [5.41, 5.74) is 0. The lowest BCUT2D eigenvalue weighted by Gasteiger charge is -2.26. The van der Waals surface area contributed by atoms with E-state index in [9.17, 15) is 4.79 Å². The number of amides is 1. The molecule has 1 aliphatic heterocycles. The standard InChI is InChI=1S/C14H28N2O2/c1-12(2)6-7-14(17)16(9-10-18-3)11-13-5-4-8-15-13/h12-13,15H,4-11H2,1-3H3. The summed E-state index contributed by atoms with van der Waals surface area (Å²) in [5, 5.41) is 3.45. The van der Waals surface area contributed by atoms with E-state index in [1.54, 1.807) is 7.11 Å². The predicted molar refractivity (Wildman–Crippen MR) is 73.6 cm³/mol. The highest BCUT2D eigenvalue weighted by Crippen LogP contribution is 2.10. The third-order valence-electron chi connectivity index (χ3n) is 3.46. The number of nitrogens with one attached hydrogen (secondary N) is 1. The maximum atomic E-state index is 12.2. The summed E-state index contributed by atoms with van der Waals surface area (Å²) in [6, 6.07) is 0.477. The van der Waals surface area contributed by atoms with Crippen molar-refractivity contribution in [2.45, 2.75) is 45.6 Å². The number of methoxy groups -OCH3 is 1. The Balaban J connectivity index is 2.39. The molecule has 1 fully saturated rings. The fourth-order valence-electron chi connectivity index (χ4n) is 2.27. The summed E-state index contributed by atoms with van der Waals surface area (Å²) >= 11 is 0. The van der Waals surface area contributed by atoms with Gasteiger partial charge in [0.1, 0.15) is 0 Å². The Morgan fingerprint density at radius 2 is 2.28 bits per heavy atom. The van der Waals surface area contributed by atoms with Crippen LogP contribution in [0.1, 0.15) is 39.5 Å². The largest absolute Gasteiger partial charge is 0.383 e. The van der Waals surface area contributed by atoms with Crippen molar-refractivity contribution in [1.82, 2.24) is 10.2 Å². The minimum atomic E-state index is 0.273. The van der Waals surface area contributed by atoms with Crippen molar-refractivity contribution in [2.75, 3.05) is 33.4 Å². The molecular weight excluding hydrogens is 228 g/mol. The van der Waals surface area contributed by atoms with Crippen LogP contribution in [0.5, 0.6) is 0 Å². The van der Waals surface area contributed by atoms with Crippen LogP contribution >= 0.6 is 0 Å². The number of carbonyl (C=O) groups excluding carboxylic acids is 1. The molecule has 0 aromatic rings. The van der Waals surface area contributed by atoms with E-state index in [0.29, 0.717) is 31.5 Å². The van der Waals surface area contributed by atoms with E-state index >= 15 is 0 Å². The van der Waals surface area contributed by atoms with Gasteiger partial charge in [-0.25, -0.2) is 0 Å². The van der Waals surface area contributed by atoms with Gasteiger partial charge in [-0.3, -0.25) is 4.79 Å². The molecule has 0 aromatic heterocycles. The van der Waals surface area contributed by atoms with Crippen molar-refractivity contribution in [2.24, 2.45) is 5.92 Å². The highest BCUT2D eigenvalue weighted by molar-refractivity contribution is 5.76. The smallest absolute Gasteiger partial charge is 0.222 e. The van der Waals surface area contributed by atoms with E-state index in [4.69, 9.17) is 4.74 Å². The van der Waals surface area contributed by atoms with Gasteiger partial charge in [-0.05, 0) is 31.7 Å². The summed E-state index contributed by atoms with van der Waals surface area (Å²) in [6.45, 7) is 7.58. The highest BCUT2D eigenvalue weighted by Gasteiger charge is 2.21. The van der Waals surface area contributed by atoms with Crippen LogP contribution in [0.25, 0.3) is 0 Å². The lowest BCUT2D eigenvalue weighted by atomic mass is 10.1. The van der Waals surface area contributed by atoms with Crippen LogP contribution in [0.3, 0.4) is 0 Å². The van der Waals surface area contributed by atoms with Gasteiger partial charge in [0, 0.05) is 32.7 Å². The number of ether oxygens (including phenoxy) is 1. The molecular formula is C14H28N2O2. The molecule has 1 heterocycles. The number of hydrogen-bond acceptors (Lipinski definition) is 3. The zero-order valence-electron chi connectivity index (χ0n) is 12.1. The number of nitrogens with zero attached hydrogens (tertiary/aromatic N) is 1. The molecule has 1 aliphatic rings. The van der Waals surface area contributed by atoms with E-state index in [2.05, 4.69) is 19.2 Å². The molecule has 0 spiro atoms. The second-order valence-electron chi connectivity index (χ2n) is 5.56. The molecule has 18 heavy (non-hydrogen) atoms. The first-order valence-corrected chi connectivity index (χ1v) is 7.13. The molecule has 0 radical (unpaired) electrons. The topological polar surface area (TPSA) is 41.6 Å². The third-order valence-corrected chi connectivity index (χ3v) is 3.46. The Kier molecular flexibility index (Phi) is 7.28. The average Bonchev–Trinajstić information content (AvgIpc) is 2.84.